The van der Waals surface area contributed by atoms with E-state index in [0.717, 1.165) is 11.3 Å². The lowest BCUT2D eigenvalue weighted by atomic mass is 10.2. The number of hydrogen-bond donors (Lipinski definition) is 1. The number of aryl methyl sites for hydroxylation is 1. The van der Waals surface area contributed by atoms with E-state index < -0.39 is 0 Å². The van der Waals surface area contributed by atoms with Gasteiger partial charge in [-0.05, 0) is 42.5 Å². The number of hydrogen-bond acceptors (Lipinski definition) is 6. The van der Waals surface area contributed by atoms with Gasteiger partial charge in [0.05, 0.1) is 19.2 Å². The highest BCUT2D eigenvalue weighted by Gasteiger charge is 2.11. The molecular formula is C19H18ClN3O4. The molecule has 0 saturated carbocycles. The Morgan fingerprint density at radius 2 is 1.89 bits per heavy atom. The molecule has 1 aromatic heterocycles. The topological polar surface area (TPSA) is 86.5 Å². The maximum Gasteiger partial charge on any atom is 0.247 e. The Hall–Kier alpha value is -3.06. The number of benzene rings is 2. The molecule has 27 heavy (non-hydrogen) atoms. The second-order valence-electron chi connectivity index (χ2n) is 5.63. The van der Waals surface area contributed by atoms with Gasteiger partial charge in [-0.1, -0.05) is 11.6 Å². The Kier molecular flexibility index (Phi) is 5.93. The lowest BCUT2D eigenvalue weighted by Crippen LogP contribution is -2.12. The molecule has 0 radical (unpaired) electrons. The lowest BCUT2D eigenvalue weighted by molar-refractivity contribution is -0.116. The molecule has 0 fully saturated rings. The smallest absolute Gasteiger partial charge is 0.247 e. The number of halogens is 1. The van der Waals surface area contributed by atoms with E-state index in [9.17, 15) is 4.79 Å². The fourth-order valence-corrected chi connectivity index (χ4v) is 2.65. The van der Waals surface area contributed by atoms with Crippen LogP contribution >= 0.6 is 11.6 Å². The average Bonchev–Trinajstić information content (AvgIpc) is 3.16. The van der Waals surface area contributed by atoms with Crippen molar-refractivity contribution in [2.75, 3.05) is 19.5 Å². The van der Waals surface area contributed by atoms with Gasteiger partial charge in [-0.3, -0.25) is 4.79 Å². The number of nitrogens with one attached hydrogen (secondary N) is 1. The van der Waals surface area contributed by atoms with Crippen molar-refractivity contribution >= 4 is 23.2 Å². The van der Waals surface area contributed by atoms with Gasteiger partial charge in [0.15, 0.2) is 0 Å². The maximum absolute atomic E-state index is 12.1. The van der Waals surface area contributed by atoms with Gasteiger partial charge in [-0.2, -0.15) is 0 Å². The van der Waals surface area contributed by atoms with Crippen LogP contribution in [-0.4, -0.2) is 30.3 Å². The van der Waals surface area contributed by atoms with Crippen LogP contribution in [0.4, 0.5) is 5.69 Å². The normalized spacial score (nSPS) is 10.5. The van der Waals surface area contributed by atoms with Crippen molar-refractivity contribution in [2.24, 2.45) is 0 Å². The van der Waals surface area contributed by atoms with Crippen LogP contribution in [0.15, 0.2) is 46.9 Å². The minimum Gasteiger partial charge on any atom is -0.497 e. The number of aromatic nitrogens is 2. The second kappa shape index (κ2) is 8.55. The molecular weight excluding hydrogens is 370 g/mol. The zero-order valence-electron chi connectivity index (χ0n) is 14.9. The number of amides is 1. The molecule has 2 aromatic carbocycles. The Labute approximate surface area is 161 Å². The predicted octanol–water partition coefficient (Wildman–Crippen LogP) is 3.98. The summed E-state index contributed by atoms with van der Waals surface area (Å²) in [5.41, 5.74) is 1.38. The number of carbonyl (C=O) groups is 1. The highest BCUT2D eigenvalue weighted by molar-refractivity contribution is 6.32. The molecule has 0 atom stereocenters. The van der Waals surface area contributed by atoms with Crippen molar-refractivity contribution in [1.82, 2.24) is 10.2 Å². The number of nitrogens with zero attached hydrogens (tertiary/aromatic N) is 2. The van der Waals surface area contributed by atoms with Crippen molar-refractivity contribution in [1.29, 1.82) is 0 Å². The minimum absolute atomic E-state index is 0.180. The van der Waals surface area contributed by atoms with E-state index in [1.54, 1.807) is 25.3 Å². The lowest BCUT2D eigenvalue weighted by Gasteiger charge is -2.07. The molecule has 3 aromatic rings. The zero-order chi connectivity index (χ0) is 19.2. The highest BCUT2D eigenvalue weighted by atomic mass is 35.5. The molecule has 0 unspecified atom stereocenters. The van der Waals surface area contributed by atoms with E-state index in [2.05, 4.69) is 15.5 Å². The summed E-state index contributed by atoms with van der Waals surface area (Å²) >= 11 is 6.05. The highest BCUT2D eigenvalue weighted by Crippen LogP contribution is 2.27. The Morgan fingerprint density at radius 3 is 2.56 bits per heavy atom. The van der Waals surface area contributed by atoms with Gasteiger partial charge in [-0.25, -0.2) is 0 Å². The Morgan fingerprint density at radius 1 is 1.11 bits per heavy atom. The molecule has 0 spiro atoms. The average molecular weight is 388 g/mol. The summed E-state index contributed by atoms with van der Waals surface area (Å²) in [6, 6.07) is 12.3. The summed E-state index contributed by atoms with van der Waals surface area (Å²) < 4.78 is 15.8. The van der Waals surface area contributed by atoms with Crippen LogP contribution in [0.5, 0.6) is 11.5 Å². The third-order valence-corrected chi connectivity index (χ3v) is 4.10. The van der Waals surface area contributed by atoms with Crippen LogP contribution < -0.4 is 14.8 Å². The van der Waals surface area contributed by atoms with Gasteiger partial charge in [0.25, 0.3) is 0 Å². The van der Waals surface area contributed by atoms with Crippen molar-refractivity contribution in [3.8, 4) is 23.0 Å². The molecule has 3 rings (SSSR count). The largest absolute Gasteiger partial charge is 0.497 e. The number of methoxy groups -OCH3 is 2. The third-order valence-electron chi connectivity index (χ3n) is 3.81. The summed E-state index contributed by atoms with van der Waals surface area (Å²) in [6.45, 7) is 0. The molecule has 7 nitrogen and oxygen atoms in total. The van der Waals surface area contributed by atoms with Gasteiger partial charge < -0.3 is 19.2 Å². The molecule has 0 saturated heterocycles. The Bertz CT molecular complexity index is 925. The van der Waals surface area contributed by atoms with Gasteiger partial charge in [-0.15, -0.1) is 10.2 Å². The fourth-order valence-electron chi connectivity index (χ4n) is 2.39. The molecule has 1 amide bonds. The number of anilines is 1. The van der Waals surface area contributed by atoms with E-state index in [4.69, 9.17) is 25.5 Å². The maximum atomic E-state index is 12.1. The summed E-state index contributed by atoms with van der Waals surface area (Å²) in [5, 5.41) is 11.2. The van der Waals surface area contributed by atoms with Gasteiger partial charge in [0.2, 0.25) is 17.7 Å². The molecule has 0 aliphatic carbocycles. The first-order valence-electron chi connectivity index (χ1n) is 8.19. The number of rotatable bonds is 7. The first kappa shape index (κ1) is 18.7. The van der Waals surface area contributed by atoms with Crippen LogP contribution in [0, 0.1) is 0 Å². The van der Waals surface area contributed by atoms with E-state index in [1.165, 1.54) is 7.11 Å². The predicted molar refractivity (Wildman–Crippen MR) is 101 cm³/mol. The molecule has 140 valence electrons. The van der Waals surface area contributed by atoms with Crippen LogP contribution in [0.3, 0.4) is 0 Å². The summed E-state index contributed by atoms with van der Waals surface area (Å²) in [7, 11) is 3.13. The quantitative estimate of drug-likeness (QED) is 0.659. The zero-order valence-corrected chi connectivity index (χ0v) is 15.6. The van der Waals surface area contributed by atoms with E-state index in [1.807, 2.05) is 24.3 Å². The van der Waals surface area contributed by atoms with Crippen molar-refractivity contribution in [3.05, 3.63) is 53.4 Å². The molecule has 1 heterocycles. The summed E-state index contributed by atoms with van der Waals surface area (Å²) in [6.07, 6.45) is 0.534. The van der Waals surface area contributed by atoms with Crippen molar-refractivity contribution < 1.29 is 18.7 Å². The first-order chi connectivity index (χ1) is 13.1. The van der Waals surface area contributed by atoms with Crippen molar-refractivity contribution in [3.63, 3.8) is 0 Å². The van der Waals surface area contributed by atoms with Crippen LogP contribution in [0.1, 0.15) is 12.3 Å². The minimum atomic E-state index is -0.180. The van der Waals surface area contributed by atoms with E-state index in [0.29, 0.717) is 34.7 Å². The van der Waals surface area contributed by atoms with Gasteiger partial charge >= 0.3 is 0 Å². The molecule has 0 aliphatic heterocycles. The molecule has 8 heteroatoms. The molecule has 0 aliphatic rings. The van der Waals surface area contributed by atoms with Crippen LogP contribution in [0.2, 0.25) is 5.02 Å². The summed E-state index contributed by atoms with van der Waals surface area (Å²) in [4.78, 5) is 12.1. The monoisotopic (exact) mass is 387 g/mol. The van der Waals surface area contributed by atoms with Gasteiger partial charge in [0, 0.05) is 24.1 Å². The number of carbonyl (C=O) groups excluding carboxylic acids is 1. The van der Waals surface area contributed by atoms with Gasteiger partial charge in [0.1, 0.15) is 11.5 Å². The van der Waals surface area contributed by atoms with Crippen LogP contribution in [0.25, 0.3) is 11.5 Å². The van der Waals surface area contributed by atoms with E-state index in [-0.39, 0.29) is 12.3 Å². The standard InChI is InChI=1S/C19H18ClN3O4/c1-25-14-6-3-12(4-7-14)19-23-22-18(27-19)10-9-17(24)21-13-5-8-16(26-2)15(20)11-13/h3-8,11H,9-10H2,1-2H3,(H,21,24). The van der Waals surface area contributed by atoms with Crippen LogP contribution in [-0.2, 0) is 11.2 Å². The summed E-state index contributed by atoms with van der Waals surface area (Å²) in [5.74, 6) is 1.90. The third kappa shape index (κ3) is 4.77. The Balaban J connectivity index is 1.56. The van der Waals surface area contributed by atoms with E-state index >= 15 is 0 Å². The molecule has 0 bridgehead atoms. The van der Waals surface area contributed by atoms with Crippen molar-refractivity contribution in [2.45, 2.75) is 12.8 Å². The number of ether oxygens (including phenoxy) is 2. The fraction of sp³-hybridized carbons (Fsp3) is 0.211. The SMILES string of the molecule is COc1ccc(-c2nnc(CCC(=O)Nc3ccc(OC)c(Cl)c3)o2)cc1. The first-order valence-corrected chi connectivity index (χ1v) is 8.57. The second-order valence-corrected chi connectivity index (χ2v) is 6.03. The molecule has 1 N–H and O–H groups in total.